The fourth-order valence-electron chi connectivity index (χ4n) is 1.24. The second-order valence-corrected chi connectivity index (χ2v) is 3.53. The SMILES string of the molecule is O=C(O)c1nn(-c2ccc(Cl)cc2)cc1O. The fourth-order valence-corrected chi connectivity index (χ4v) is 1.37. The molecule has 82 valence electrons. The van der Waals surface area contributed by atoms with Gasteiger partial charge in [-0.05, 0) is 24.3 Å². The second kappa shape index (κ2) is 3.86. The molecule has 0 spiro atoms. The molecule has 0 saturated carbocycles. The summed E-state index contributed by atoms with van der Waals surface area (Å²) in [5.41, 5.74) is 0.238. The van der Waals surface area contributed by atoms with E-state index in [-0.39, 0.29) is 11.4 Å². The summed E-state index contributed by atoms with van der Waals surface area (Å²) in [6, 6.07) is 6.63. The Balaban J connectivity index is 2.45. The maximum absolute atomic E-state index is 10.7. The van der Waals surface area contributed by atoms with E-state index < -0.39 is 5.97 Å². The molecule has 0 radical (unpaired) electrons. The van der Waals surface area contributed by atoms with Gasteiger partial charge in [-0.2, -0.15) is 5.10 Å². The van der Waals surface area contributed by atoms with Crippen LogP contribution in [0.2, 0.25) is 5.02 Å². The molecule has 1 aromatic heterocycles. The van der Waals surface area contributed by atoms with E-state index in [1.807, 2.05) is 0 Å². The fraction of sp³-hybridized carbons (Fsp3) is 0. The Morgan fingerprint density at radius 2 is 1.94 bits per heavy atom. The predicted molar refractivity (Wildman–Crippen MR) is 57.2 cm³/mol. The largest absolute Gasteiger partial charge is 0.504 e. The lowest BCUT2D eigenvalue weighted by molar-refractivity contribution is 0.0687. The van der Waals surface area contributed by atoms with Crippen molar-refractivity contribution in [2.24, 2.45) is 0 Å². The molecule has 0 saturated heterocycles. The average molecular weight is 239 g/mol. The van der Waals surface area contributed by atoms with Crippen LogP contribution in [0, 0.1) is 0 Å². The van der Waals surface area contributed by atoms with Crippen molar-refractivity contribution in [2.75, 3.05) is 0 Å². The summed E-state index contributed by atoms with van der Waals surface area (Å²) in [6.07, 6.45) is 1.23. The number of nitrogens with zero attached hydrogens (tertiary/aromatic N) is 2. The highest BCUT2D eigenvalue weighted by atomic mass is 35.5. The number of aromatic carboxylic acids is 1. The summed E-state index contributed by atoms with van der Waals surface area (Å²) < 4.78 is 1.27. The predicted octanol–water partition coefficient (Wildman–Crippen LogP) is 1.93. The zero-order chi connectivity index (χ0) is 11.7. The molecule has 0 atom stereocenters. The van der Waals surface area contributed by atoms with Gasteiger partial charge in [0.15, 0.2) is 5.75 Å². The summed E-state index contributed by atoms with van der Waals surface area (Å²) in [5, 5.41) is 22.3. The lowest BCUT2D eigenvalue weighted by Gasteiger charge is -1.99. The Hall–Kier alpha value is -2.01. The first kappa shape index (κ1) is 10.5. The molecule has 2 N–H and O–H groups in total. The molecule has 1 heterocycles. The molecule has 0 fully saturated rings. The number of carboxylic acids is 1. The van der Waals surface area contributed by atoms with Crippen LogP contribution in [0.3, 0.4) is 0 Å². The van der Waals surface area contributed by atoms with E-state index in [1.54, 1.807) is 24.3 Å². The van der Waals surface area contributed by atoms with Gasteiger partial charge < -0.3 is 10.2 Å². The lowest BCUT2D eigenvalue weighted by Crippen LogP contribution is -2.00. The summed E-state index contributed by atoms with van der Waals surface area (Å²) in [6.45, 7) is 0. The van der Waals surface area contributed by atoms with Crippen molar-refractivity contribution < 1.29 is 15.0 Å². The lowest BCUT2D eigenvalue weighted by atomic mass is 10.3. The van der Waals surface area contributed by atoms with E-state index in [9.17, 15) is 9.90 Å². The van der Waals surface area contributed by atoms with Crippen molar-refractivity contribution in [2.45, 2.75) is 0 Å². The zero-order valence-corrected chi connectivity index (χ0v) is 8.72. The van der Waals surface area contributed by atoms with E-state index in [0.717, 1.165) is 0 Å². The van der Waals surface area contributed by atoms with Crippen molar-refractivity contribution >= 4 is 17.6 Å². The molecule has 0 bridgehead atoms. The van der Waals surface area contributed by atoms with Gasteiger partial charge >= 0.3 is 5.97 Å². The van der Waals surface area contributed by atoms with Crippen LogP contribution in [0.15, 0.2) is 30.5 Å². The number of halogens is 1. The van der Waals surface area contributed by atoms with E-state index in [4.69, 9.17) is 16.7 Å². The summed E-state index contributed by atoms with van der Waals surface area (Å²) in [7, 11) is 0. The number of hydrogen-bond acceptors (Lipinski definition) is 3. The third-order valence-electron chi connectivity index (χ3n) is 1.99. The van der Waals surface area contributed by atoms with Crippen molar-refractivity contribution in [3.05, 3.63) is 41.2 Å². The summed E-state index contributed by atoms with van der Waals surface area (Å²) in [5.74, 6) is -1.65. The molecule has 5 nitrogen and oxygen atoms in total. The number of rotatable bonds is 2. The van der Waals surface area contributed by atoms with Gasteiger partial charge in [-0.3, -0.25) is 0 Å². The zero-order valence-electron chi connectivity index (χ0n) is 7.96. The maximum Gasteiger partial charge on any atom is 0.360 e. The molecule has 0 unspecified atom stereocenters. The average Bonchev–Trinajstić information content (AvgIpc) is 2.61. The number of aromatic nitrogens is 2. The molecule has 0 aliphatic heterocycles. The summed E-state index contributed by atoms with van der Waals surface area (Å²) >= 11 is 5.71. The second-order valence-electron chi connectivity index (χ2n) is 3.09. The van der Waals surface area contributed by atoms with Crippen LogP contribution < -0.4 is 0 Å². The van der Waals surface area contributed by atoms with Gasteiger partial charge in [-0.15, -0.1) is 0 Å². The number of carboxylic acid groups (broad SMARTS) is 1. The standard InChI is InChI=1S/C10H7ClN2O3/c11-6-1-3-7(4-2-6)13-5-8(14)9(12-13)10(15)16/h1-5,14H,(H,15,16). The first-order valence-corrected chi connectivity index (χ1v) is 4.73. The molecule has 0 aliphatic carbocycles. The van der Waals surface area contributed by atoms with Gasteiger partial charge in [-0.25, -0.2) is 9.48 Å². The van der Waals surface area contributed by atoms with Crippen molar-refractivity contribution in [1.82, 2.24) is 9.78 Å². The van der Waals surface area contributed by atoms with Crippen LogP contribution in [-0.4, -0.2) is 26.0 Å². The normalized spacial score (nSPS) is 10.3. The molecule has 0 aliphatic rings. The third kappa shape index (κ3) is 1.85. The highest BCUT2D eigenvalue weighted by Crippen LogP contribution is 2.19. The van der Waals surface area contributed by atoms with Gasteiger partial charge in [0.05, 0.1) is 11.9 Å². The third-order valence-corrected chi connectivity index (χ3v) is 2.24. The number of hydrogen-bond donors (Lipinski definition) is 2. The minimum atomic E-state index is -1.27. The smallest absolute Gasteiger partial charge is 0.360 e. The van der Waals surface area contributed by atoms with Crippen molar-refractivity contribution in [3.63, 3.8) is 0 Å². The topological polar surface area (TPSA) is 75.3 Å². The minimum absolute atomic E-state index is 0.373. The molecular weight excluding hydrogens is 232 g/mol. The van der Waals surface area contributed by atoms with E-state index >= 15 is 0 Å². The molecule has 0 amide bonds. The van der Waals surface area contributed by atoms with Gasteiger partial charge in [0.25, 0.3) is 0 Å². The van der Waals surface area contributed by atoms with Crippen LogP contribution in [0.25, 0.3) is 5.69 Å². The Morgan fingerprint density at radius 1 is 1.31 bits per heavy atom. The Bertz CT molecular complexity index is 533. The number of aromatic hydroxyl groups is 1. The Labute approximate surface area is 95.5 Å². The highest BCUT2D eigenvalue weighted by Gasteiger charge is 2.15. The quantitative estimate of drug-likeness (QED) is 0.838. The van der Waals surface area contributed by atoms with Crippen LogP contribution in [0.1, 0.15) is 10.5 Å². The van der Waals surface area contributed by atoms with Gasteiger partial charge in [0.1, 0.15) is 0 Å². The monoisotopic (exact) mass is 238 g/mol. The molecular formula is C10H7ClN2O3. The van der Waals surface area contributed by atoms with Gasteiger partial charge in [0, 0.05) is 5.02 Å². The van der Waals surface area contributed by atoms with E-state index in [1.165, 1.54) is 10.9 Å². The highest BCUT2D eigenvalue weighted by molar-refractivity contribution is 6.30. The van der Waals surface area contributed by atoms with Crippen LogP contribution >= 0.6 is 11.6 Å². The van der Waals surface area contributed by atoms with Gasteiger partial charge in [-0.1, -0.05) is 11.6 Å². The van der Waals surface area contributed by atoms with E-state index in [0.29, 0.717) is 10.7 Å². The number of carbonyl (C=O) groups is 1. The molecule has 2 rings (SSSR count). The molecule has 1 aromatic carbocycles. The Morgan fingerprint density at radius 3 is 2.44 bits per heavy atom. The van der Waals surface area contributed by atoms with Gasteiger partial charge in [0.2, 0.25) is 5.69 Å². The maximum atomic E-state index is 10.7. The van der Waals surface area contributed by atoms with Crippen LogP contribution in [-0.2, 0) is 0 Å². The minimum Gasteiger partial charge on any atom is -0.504 e. The molecule has 6 heteroatoms. The van der Waals surface area contributed by atoms with Crippen molar-refractivity contribution in [3.8, 4) is 11.4 Å². The first-order chi connectivity index (χ1) is 7.58. The molecule has 2 aromatic rings. The van der Waals surface area contributed by atoms with Crippen LogP contribution in [0.4, 0.5) is 0 Å². The summed E-state index contributed by atoms with van der Waals surface area (Å²) in [4.78, 5) is 10.7. The molecule has 16 heavy (non-hydrogen) atoms. The Kier molecular flexibility index (Phi) is 2.54. The van der Waals surface area contributed by atoms with Crippen LogP contribution in [0.5, 0.6) is 5.75 Å². The number of benzene rings is 1. The van der Waals surface area contributed by atoms with E-state index in [2.05, 4.69) is 5.10 Å². The first-order valence-electron chi connectivity index (χ1n) is 4.36. The van der Waals surface area contributed by atoms with Crippen molar-refractivity contribution in [1.29, 1.82) is 0 Å².